The SMILES string of the molecule is CN(CCC#N)S(=O)(=O)c1ccc(O)c(N)c1. The van der Waals surface area contributed by atoms with E-state index in [1.54, 1.807) is 0 Å². The van der Waals surface area contributed by atoms with Crippen LogP contribution in [-0.2, 0) is 10.0 Å². The van der Waals surface area contributed by atoms with Gasteiger partial charge in [0.05, 0.1) is 16.7 Å². The summed E-state index contributed by atoms with van der Waals surface area (Å²) in [6, 6.07) is 5.55. The van der Waals surface area contributed by atoms with Gasteiger partial charge in [-0.05, 0) is 18.2 Å². The highest BCUT2D eigenvalue weighted by molar-refractivity contribution is 7.89. The maximum atomic E-state index is 12.0. The first-order valence-corrected chi connectivity index (χ1v) is 6.25. The summed E-state index contributed by atoms with van der Waals surface area (Å²) >= 11 is 0. The smallest absolute Gasteiger partial charge is 0.242 e. The molecule has 0 unspecified atom stereocenters. The molecule has 0 saturated heterocycles. The third kappa shape index (κ3) is 2.87. The number of benzene rings is 1. The molecule has 0 aliphatic heterocycles. The second-order valence-corrected chi connectivity index (χ2v) is 5.50. The monoisotopic (exact) mass is 255 g/mol. The molecule has 0 aliphatic rings. The van der Waals surface area contributed by atoms with Gasteiger partial charge in [0.1, 0.15) is 5.75 Å². The molecule has 92 valence electrons. The van der Waals surface area contributed by atoms with Crippen molar-refractivity contribution in [2.45, 2.75) is 11.3 Å². The Morgan fingerprint density at radius 1 is 1.53 bits per heavy atom. The quantitative estimate of drug-likeness (QED) is 0.602. The Balaban J connectivity index is 3.05. The molecule has 7 heteroatoms. The second-order valence-electron chi connectivity index (χ2n) is 3.46. The van der Waals surface area contributed by atoms with E-state index in [-0.39, 0.29) is 29.3 Å². The van der Waals surface area contributed by atoms with Crippen LogP contribution in [0.4, 0.5) is 5.69 Å². The van der Waals surface area contributed by atoms with E-state index < -0.39 is 10.0 Å². The van der Waals surface area contributed by atoms with Crippen molar-refractivity contribution in [3.8, 4) is 11.8 Å². The molecular formula is C10H13N3O3S. The Kier molecular flexibility index (Phi) is 3.93. The number of nitrogens with two attached hydrogens (primary N) is 1. The van der Waals surface area contributed by atoms with Crippen LogP contribution in [0.3, 0.4) is 0 Å². The normalized spacial score (nSPS) is 11.4. The van der Waals surface area contributed by atoms with E-state index in [9.17, 15) is 13.5 Å². The van der Waals surface area contributed by atoms with E-state index in [0.29, 0.717) is 0 Å². The number of hydrogen-bond acceptors (Lipinski definition) is 5. The number of anilines is 1. The van der Waals surface area contributed by atoms with Crippen LogP contribution in [0.1, 0.15) is 6.42 Å². The largest absolute Gasteiger partial charge is 0.506 e. The lowest BCUT2D eigenvalue weighted by molar-refractivity contribution is 0.473. The van der Waals surface area contributed by atoms with Gasteiger partial charge in [-0.25, -0.2) is 8.42 Å². The number of nitriles is 1. The summed E-state index contributed by atoms with van der Waals surface area (Å²) in [6.07, 6.45) is 0.114. The Labute approximate surface area is 99.9 Å². The number of sulfonamides is 1. The maximum absolute atomic E-state index is 12.0. The lowest BCUT2D eigenvalue weighted by Crippen LogP contribution is -2.27. The van der Waals surface area contributed by atoms with Crippen molar-refractivity contribution in [3.63, 3.8) is 0 Å². The Bertz CT molecular complexity index is 548. The summed E-state index contributed by atoms with van der Waals surface area (Å²) in [5.41, 5.74) is 5.43. The fraction of sp³-hybridized carbons (Fsp3) is 0.300. The fourth-order valence-electron chi connectivity index (χ4n) is 1.20. The molecule has 0 spiro atoms. The van der Waals surface area contributed by atoms with Gasteiger partial charge in [-0.15, -0.1) is 0 Å². The molecule has 0 heterocycles. The molecule has 1 aromatic rings. The van der Waals surface area contributed by atoms with Crippen molar-refractivity contribution >= 4 is 15.7 Å². The number of rotatable bonds is 4. The number of nitrogens with zero attached hydrogens (tertiary/aromatic N) is 2. The highest BCUT2D eigenvalue weighted by atomic mass is 32.2. The summed E-state index contributed by atoms with van der Waals surface area (Å²) in [7, 11) is -2.27. The van der Waals surface area contributed by atoms with Crippen molar-refractivity contribution in [1.29, 1.82) is 5.26 Å². The summed E-state index contributed by atoms with van der Waals surface area (Å²) in [6.45, 7) is 0.111. The molecule has 0 atom stereocenters. The first kappa shape index (κ1) is 13.3. The van der Waals surface area contributed by atoms with Crippen LogP contribution < -0.4 is 5.73 Å². The summed E-state index contributed by atoms with van der Waals surface area (Å²) in [5, 5.41) is 17.6. The van der Waals surface area contributed by atoms with Gasteiger partial charge in [0.25, 0.3) is 0 Å². The first-order valence-electron chi connectivity index (χ1n) is 4.81. The first-order chi connectivity index (χ1) is 7.89. The zero-order chi connectivity index (χ0) is 13.1. The molecule has 3 N–H and O–H groups in total. The molecule has 0 aromatic heterocycles. The Hall–Kier alpha value is -1.78. The van der Waals surface area contributed by atoms with Crippen molar-refractivity contribution in [3.05, 3.63) is 18.2 Å². The highest BCUT2D eigenvalue weighted by Gasteiger charge is 2.20. The molecule has 6 nitrogen and oxygen atoms in total. The van der Waals surface area contributed by atoms with Crippen LogP contribution >= 0.6 is 0 Å². The Morgan fingerprint density at radius 2 is 2.18 bits per heavy atom. The van der Waals surface area contributed by atoms with Crippen LogP contribution in [0.25, 0.3) is 0 Å². The van der Waals surface area contributed by atoms with Crippen molar-refractivity contribution in [2.24, 2.45) is 0 Å². The zero-order valence-electron chi connectivity index (χ0n) is 9.29. The molecule has 0 radical (unpaired) electrons. The van der Waals surface area contributed by atoms with E-state index in [0.717, 1.165) is 4.31 Å². The van der Waals surface area contributed by atoms with Gasteiger partial charge in [0, 0.05) is 20.0 Å². The number of phenols is 1. The van der Waals surface area contributed by atoms with Crippen LogP contribution in [0.15, 0.2) is 23.1 Å². The minimum Gasteiger partial charge on any atom is -0.506 e. The summed E-state index contributed by atoms with van der Waals surface area (Å²) in [5.74, 6) is -0.163. The average molecular weight is 255 g/mol. The van der Waals surface area contributed by atoms with Crippen molar-refractivity contribution in [2.75, 3.05) is 19.3 Å². The van der Waals surface area contributed by atoms with E-state index >= 15 is 0 Å². The van der Waals surface area contributed by atoms with E-state index in [1.807, 2.05) is 6.07 Å². The third-order valence-corrected chi connectivity index (χ3v) is 4.10. The van der Waals surface area contributed by atoms with Crippen LogP contribution in [0.5, 0.6) is 5.75 Å². The lowest BCUT2D eigenvalue weighted by atomic mass is 10.3. The zero-order valence-corrected chi connectivity index (χ0v) is 10.1. The predicted molar refractivity (Wildman–Crippen MR) is 62.6 cm³/mol. The molecule has 0 bridgehead atoms. The van der Waals surface area contributed by atoms with Crippen LogP contribution in [0, 0.1) is 11.3 Å². The molecule has 0 fully saturated rings. The predicted octanol–water partition coefficient (Wildman–Crippen LogP) is 0.509. The van der Waals surface area contributed by atoms with Crippen LogP contribution in [0.2, 0.25) is 0 Å². The van der Waals surface area contributed by atoms with E-state index in [2.05, 4.69) is 0 Å². The number of aromatic hydroxyl groups is 1. The third-order valence-electron chi connectivity index (χ3n) is 2.25. The maximum Gasteiger partial charge on any atom is 0.242 e. The number of nitrogen functional groups attached to an aromatic ring is 1. The van der Waals surface area contributed by atoms with Crippen molar-refractivity contribution < 1.29 is 13.5 Å². The van der Waals surface area contributed by atoms with Gasteiger partial charge in [-0.1, -0.05) is 0 Å². The molecule has 0 amide bonds. The second kappa shape index (κ2) is 5.03. The molecule has 17 heavy (non-hydrogen) atoms. The van der Waals surface area contributed by atoms with E-state index in [4.69, 9.17) is 11.0 Å². The van der Waals surface area contributed by atoms with Gasteiger partial charge in [-0.3, -0.25) is 0 Å². The van der Waals surface area contributed by atoms with Crippen molar-refractivity contribution in [1.82, 2.24) is 4.31 Å². The van der Waals surface area contributed by atoms with Gasteiger partial charge >= 0.3 is 0 Å². The van der Waals surface area contributed by atoms with E-state index in [1.165, 1.54) is 25.2 Å². The molecule has 1 rings (SSSR count). The lowest BCUT2D eigenvalue weighted by Gasteiger charge is -2.16. The molecule has 0 saturated carbocycles. The number of hydrogen-bond donors (Lipinski definition) is 2. The summed E-state index contributed by atoms with van der Waals surface area (Å²) in [4.78, 5) is -0.00626. The van der Waals surface area contributed by atoms with Crippen LogP contribution in [-0.4, -0.2) is 31.4 Å². The minimum absolute atomic E-state index is 0.000224. The standard InChI is InChI=1S/C10H13N3O3S/c1-13(6-2-5-11)17(15,16)8-3-4-10(14)9(12)7-8/h3-4,7,14H,2,6,12H2,1H3. The Morgan fingerprint density at radius 3 is 2.71 bits per heavy atom. The van der Waals surface area contributed by atoms with Gasteiger partial charge in [-0.2, -0.15) is 9.57 Å². The average Bonchev–Trinajstić information content (AvgIpc) is 2.29. The highest BCUT2D eigenvalue weighted by Crippen LogP contribution is 2.24. The number of phenolic OH excluding ortho intramolecular Hbond substituents is 1. The van der Waals surface area contributed by atoms with Gasteiger partial charge in [0.15, 0.2) is 0 Å². The minimum atomic E-state index is -3.66. The summed E-state index contributed by atoms with van der Waals surface area (Å²) < 4.78 is 25.0. The topological polar surface area (TPSA) is 107 Å². The van der Waals surface area contributed by atoms with Gasteiger partial charge < -0.3 is 10.8 Å². The van der Waals surface area contributed by atoms with Gasteiger partial charge in [0.2, 0.25) is 10.0 Å². The molecule has 1 aromatic carbocycles. The molecule has 0 aliphatic carbocycles. The molecular weight excluding hydrogens is 242 g/mol. The fourth-order valence-corrected chi connectivity index (χ4v) is 2.41.